The Labute approximate surface area is 87.8 Å². The molecule has 1 rings (SSSR count). The first-order chi connectivity index (χ1) is 5.95. The van der Waals surface area contributed by atoms with Crippen molar-refractivity contribution in [3.63, 3.8) is 0 Å². The normalized spacial score (nSPS) is 10.2. The third-order valence-electron chi connectivity index (χ3n) is 1.33. The second-order valence-electron chi connectivity index (χ2n) is 2.15. The van der Waals surface area contributed by atoms with Crippen LogP contribution in [-0.4, -0.2) is 11.1 Å². The van der Waals surface area contributed by atoms with Crippen molar-refractivity contribution in [1.29, 1.82) is 0 Å². The molecule has 0 aliphatic heterocycles. The molecule has 1 aromatic carbocycles. The second kappa shape index (κ2) is 3.70. The van der Waals surface area contributed by atoms with Crippen LogP contribution in [0, 0.1) is 5.82 Å². The van der Waals surface area contributed by atoms with E-state index >= 15 is 0 Å². The maximum absolute atomic E-state index is 12.8. The Morgan fingerprint density at radius 2 is 1.77 bits per heavy atom. The van der Waals surface area contributed by atoms with Gasteiger partial charge in [-0.25, -0.2) is 9.18 Å². The number of hydrogen-bond acceptors (Lipinski definition) is 1. The van der Waals surface area contributed by atoms with Crippen LogP contribution in [0.4, 0.5) is 4.39 Å². The molecule has 1 N–H and O–H groups in total. The van der Waals surface area contributed by atoms with E-state index in [2.05, 4.69) is 0 Å². The van der Waals surface area contributed by atoms with Crippen LogP contribution in [0.1, 0.15) is 10.4 Å². The maximum Gasteiger partial charge on any atom is 0.337 e. The summed E-state index contributed by atoms with van der Waals surface area (Å²) in [5, 5.41) is 7.62. The fourth-order valence-corrected chi connectivity index (χ4v) is 1.35. The van der Waals surface area contributed by atoms with E-state index in [1.165, 1.54) is 0 Å². The first kappa shape index (κ1) is 10.6. The topological polar surface area (TPSA) is 37.3 Å². The molecule has 0 atom stereocenters. The van der Waals surface area contributed by atoms with E-state index in [0.717, 1.165) is 6.07 Å². The standard InChI is InChI=1S/C7H2Cl3FO2/c8-4-2(7(12)13)1-3(11)5(9)6(4)10/h1H,(H,12,13). The summed E-state index contributed by atoms with van der Waals surface area (Å²) in [6.07, 6.45) is 0. The van der Waals surface area contributed by atoms with Crippen molar-refractivity contribution in [1.82, 2.24) is 0 Å². The Morgan fingerprint density at radius 1 is 1.23 bits per heavy atom. The van der Waals surface area contributed by atoms with Gasteiger partial charge in [-0.3, -0.25) is 0 Å². The van der Waals surface area contributed by atoms with Gasteiger partial charge in [0.05, 0.1) is 20.6 Å². The Hall–Kier alpha value is -0.510. The van der Waals surface area contributed by atoms with E-state index in [4.69, 9.17) is 39.9 Å². The average molecular weight is 243 g/mol. The molecule has 2 nitrogen and oxygen atoms in total. The Bertz CT molecular complexity index is 378. The van der Waals surface area contributed by atoms with E-state index < -0.39 is 17.3 Å². The van der Waals surface area contributed by atoms with Crippen LogP contribution in [0.2, 0.25) is 15.1 Å². The molecule has 0 heterocycles. The zero-order valence-electron chi connectivity index (χ0n) is 5.94. The van der Waals surface area contributed by atoms with Crippen LogP contribution in [0.3, 0.4) is 0 Å². The van der Waals surface area contributed by atoms with Gasteiger partial charge < -0.3 is 5.11 Å². The number of aromatic carboxylic acids is 1. The highest BCUT2D eigenvalue weighted by Crippen LogP contribution is 2.34. The van der Waals surface area contributed by atoms with Crippen molar-refractivity contribution in [3.05, 3.63) is 32.5 Å². The summed E-state index contributed by atoms with van der Waals surface area (Å²) in [6.45, 7) is 0. The van der Waals surface area contributed by atoms with Crippen LogP contribution in [0.25, 0.3) is 0 Å². The molecule has 0 saturated heterocycles. The fourth-order valence-electron chi connectivity index (χ4n) is 0.728. The highest BCUT2D eigenvalue weighted by Gasteiger charge is 2.18. The molecule has 0 aromatic heterocycles. The van der Waals surface area contributed by atoms with Crippen molar-refractivity contribution >= 4 is 40.8 Å². The summed E-state index contributed by atoms with van der Waals surface area (Å²) >= 11 is 16.3. The van der Waals surface area contributed by atoms with E-state index in [1.807, 2.05) is 0 Å². The lowest BCUT2D eigenvalue weighted by molar-refractivity contribution is 0.0696. The molecule has 0 fully saturated rings. The minimum atomic E-state index is -1.36. The molecule has 1 aromatic rings. The number of carbonyl (C=O) groups is 1. The predicted octanol–water partition coefficient (Wildman–Crippen LogP) is 3.48. The second-order valence-corrected chi connectivity index (χ2v) is 3.29. The van der Waals surface area contributed by atoms with Gasteiger partial charge in [-0.05, 0) is 6.07 Å². The molecule has 0 radical (unpaired) electrons. The number of carboxylic acids is 1. The molecule has 70 valence electrons. The highest BCUT2D eigenvalue weighted by atomic mass is 35.5. The summed E-state index contributed by atoms with van der Waals surface area (Å²) in [5.74, 6) is -2.27. The number of carboxylic acid groups (broad SMARTS) is 1. The summed E-state index contributed by atoms with van der Waals surface area (Å²) in [6, 6.07) is 0.721. The third-order valence-corrected chi connectivity index (χ3v) is 2.67. The van der Waals surface area contributed by atoms with E-state index in [0.29, 0.717) is 0 Å². The molecule has 6 heteroatoms. The quantitative estimate of drug-likeness (QED) is 0.605. The molecule has 0 unspecified atom stereocenters. The maximum atomic E-state index is 12.8. The van der Waals surface area contributed by atoms with Gasteiger partial charge in [0.25, 0.3) is 0 Å². The first-order valence-corrected chi connectivity index (χ1v) is 4.14. The van der Waals surface area contributed by atoms with E-state index in [9.17, 15) is 9.18 Å². The minimum absolute atomic E-state index is 0.263. The lowest BCUT2D eigenvalue weighted by Gasteiger charge is -2.03. The summed E-state index contributed by atoms with van der Waals surface area (Å²) in [5.41, 5.74) is -0.409. The van der Waals surface area contributed by atoms with Crippen molar-refractivity contribution in [3.8, 4) is 0 Å². The predicted molar refractivity (Wildman–Crippen MR) is 48.4 cm³/mol. The van der Waals surface area contributed by atoms with Gasteiger partial charge in [-0.2, -0.15) is 0 Å². The lowest BCUT2D eigenvalue weighted by Crippen LogP contribution is -1.99. The van der Waals surface area contributed by atoms with Gasteiger partial charge in [-0.15, -0.1) is 0 Å². The van der Waals surface area contributed by atoms with Crippen molar-refractivity contribution in [2.75, 3.05) is 0 Å². The van der Waals surface area contributed by atoms with Crippen LogP contribution >= 0.6 is 34.8 Å². The van der Waals surface area contributed by atoms with Gasteiger partial charge in [0.1, 0.15) is 5.82 Å². The number of hydrogen-bond donors (Lipinski definition) is 1. The van der Waals surface area contributed by atoms with Crippen molar-refractivity contribution in [2.24, 2.45) is 0 Å². The van der Waals surface area contributed by atoms with Crippen LogP contribution in [0.15, 0.2) is 6.07 Å². The average Bonchev–Trinajstić information content (AvgIpc) is 2.07. The SMILES string of the molecule is O=C(O)c1cc(F)c(Cl)c(Cl)c1Cl. The van der Waals surface area contributed by atoms with Crippen LogP contribution < -0.4 is 0 Å². The van der Waals surface area contributed by atoms with Gasteiger partial charge >= 0.3 is 5.97 Å². The van der Waals surface area contributed by atoms with Crippen molar-refractivity contribution < 1.29 is 14.3 Å². The Balaban J connectivity index is 3.50. The number of benzene rings is 1. The molecule has 0 aliphatic carbocycles. The molecule has 13 heavy (non-hydrogen) atoms. The zero-order valence-corrected chi connectivity index (χ0v) is 8.21. The molecule has 0 amide bonds. The summed E-state index contributed by atoms with van der Waals surface area (Å²) in [4.78, 5) is 10.5. The fraction of sp³-hybridized carbons (Fsp3) is 0. The highest BCUT2D eigenvalue weighted by molar-refractivity contribution is 6.49. The van der Waals surface area contributed by atoms with E-state index in [1.54, 1.807) is 0 Å². The van der Waals surface area contributed by atoms with Crippen LogP contribution in [-0.2, 0) is 0 Å². The number of rotatable bonds is 1. The lowest BCUT2D eigenvalue weighted by atomic mass is 10.2. The first-order valence-electron chi connectivity index (χ1n) is 3.01. The number of halogens is 4. The molecular formula is C7H2Cl3FO2. The zero-order chi connectivity index (χ0) is 10.2. The van der Waals surface area contributed by atoms with Gasteiger partial charge in [0.15, 0.2) is 0 Å². The molecular weight excluding hydrogens is 241 g/mol. The summed E-state index contributed by atoms with van der Waals surface area (Å²) < 4.78 is 12.8. The van der Waals surface area contributed by atoms with Crippen molar-refractivity contribution in [2.45, 2.75) is 0 Å². The molecule has 0 bridgehead atoms. The molecule has 0 aliphatic rings. The third kappa shape index (κ3) is 1.88. The Kier molecular flexibility index (Phi) is 3.01. The van der Waals surface area contributed by atoms with Gasteiger partial charge in [-0.1, -0.05) is 34.8 Å². The molecule has 0 saturated carbocycles. The smallest absolute Gasteiger partial charge is 0.337 e. The van der Waals surface area contributed by atoms with Gasteiger partial charge in [0, 0.05) is 0 Å². The Morgan fingerprint density at radius 3 is 2.23 bits per heavy atom. The molecule has 0 spiro atoms. The van der Waals surface area contributed by atoms with Gasteiger partial charge in [0.2, 0.25) is 0 Å². The monoisotopic (exact) mass is 242 g/mol. The summed E-state index contributed by atoms with van der Waals surface area (Å²) in [7, 11) is 0. The van der Waals surface area contributed by atoms with E-state index in [-0.39, 0.29) is 15.1 Å². The largest absolute Gasteiger partial charge is 0.478 e. The van der Waals surface area contributed by atoms with Crippen LogP contribution in [0.5, 0.6) is 0 Å². The minimum Gasteiger partial charge on any atom is -0.478 e.